The van der Waals surface area contributed by atoms with Gasteiger partial charge in [0.1, 0.15) is 48.8 Å². The number of unbranched alkanes of at least 4 members (excludes halogenated alkanes) is 34. The molecular weight excluding hydrogens is 1120 g/mol. The van der Waals surface area contributed by atoms with Crippen LogP contribution in [0.25, 0.3) is 0 Å². The molecule has 2 fully saturated rings. The van der Waals surface area contributed by atoms with Gasteiger partial charge in [-0.2, -0.15) is 0 Å². The van der Waals surface area contributed by atoms with Crippen molar-refractivity contribution in [2.24, 2.45) is 0 Å². The molecular formula is C75H133NO13. The zero-order chi connectivity index (χ0) is 64.5. The Hall–Kier alpha value is -2.83. The van der Waals surface area contributed by atoms with E-state index in [1.54, 1.807) is 6.08 Å². The molecule has 2 saturated heterocycles. The summed E-state index contributed by atoms with van der Waals surface area (Å²) < 4.78 is 22.8. The van der Waals surface area contributed by atoms with Crippen LogP contribution in [0.3, 0.4) is 0 Å². The summed E-state index contributed by atoms with van der Waals surface area (Å²) in [6.07, 6.45) is 65.0. The van der Waals surface area contributed by atoms with E-state index in [1.165, 1.54) is 193 Å². The van der Waals surface area contributed by atoms with Crippen LogP contribution in [0.4, 0.5) is 0 Å². The van der Waals surface area contributed by atoms with Crippen LogP contribution in [-0.2, 0) is 23.7 Å². The first-order valence-corrected chi connectivity index (χ1v) is 36.3. The van der Waals surface area contributed by atoms with Crippen LogP contribution in [0.1, 0.15) is 290 Å². The van der Waals surface area contributed by atoms with Gasteiger partial charge in [0.05, 0.1) is 32.0 Å². The van der Waals surface area contributed by atoms with E-state index in [9.17, 15) is 45.6 Å². The molecule has 14 nitrogen and oxygen atoms in total. The standard InChI is InChI=1S/C75H133NO13/c1-3-5-7-9-11-13-15-17-19-21-23-25-26-27-28-29-30-31-32-33-34-35-36-37-38-39-41-43-45-47-49-51-53-55-57-59-67(80)76-63(64(79)58-56-54-52-50-48-46-44-42-40-24-22-20-18-16-14-12-10-8-6-4-2)62-86-74-72(85)70(83)73(66(61-78)88-74)89-75-71(84)69(82)68(81)65(60-77)87-75/h5,7,11,13,17,19,23,25,27-28,48,50,56,58,63-66,68-75,77-79,81-85H,3-4,6,8-10,12,14-16,18,20-22,24,26,29-47,49,51-55,57,59-62H2,1-2H3,(H,76,80)/b7-5-,13-11-,19-17-,25-23-,28-27-,50-48+,58-56+. The van der Waals surface area contributed by atoms with Gasteiger partial charge in [-0.1, -0.05) is 292 Å². The first kappa shape index (κ1) is 82.3. The second-order valence-electron chi connectivity index (χ2n) is 25.3. The zero-order valence-corrected chi connectivity index (χ0v) is 56.2. The SMILES string of the molecule is CC/C=C\C/C=C\C/C=C\C/C=C\C/C=C\CCCCCCCCCCCCCCCCCCCCCC(=O)NC(COC1OC(CO)C(OC2OC(CO)C(O)C(O)C2O)C(O)C1O)C(O)/C=C/CC/C=C/CCCCCCCCCCCCCCCC. The predicted octanol–water partition coefficient (Wildman–Crippen LogP) is 15.2. The van der Waals surface area contributed by atoms with Crippen LogP contribution >= 0.6 is 0 Å². The predicted molar refractivity (Wildman–Crippen MR) is 364 cm³/mol. The topological polar surface area (TPSA) is 228 Å². The van der Waals surface area contributed by atoms with E-state index >= 15 is 0 Å². The second kappa shape index (κ2) is 59.0. The minimum Gasteiger partial charge on any atom is -0.394 e. The third-order valence-corrected chi connectivity index (χ3v) is 17.3. The number of nitrogens with one attached hydrogen (secondary N) is 1. The molecule has 0 aromatic heterocycles. The van der Waals surface area contributed by atoms with E-state index < -0.39 is 86.8 Å². The van der Waals surface area contributed by atoms with Crippen molar-refractivity contribution in [1.82, 2.24) is 5.32 Å². The van der Waals surface area contributed by atoms with Crippen molar-refractivity contribution in [3.05, 3.63) is 85.1 Å². The van der Waals surface area contributed by atoms with Gasteiger partial charge in [0.15, 0.2) is 12.6 Å². The molecule has 12 unspecified atom stereocenters. The van der Waals surface area contributed by atoms with Gasteiger partial charge in [-0.15, -0.1) is 0 Å². The Labute approximate surface area is 541 Å². The Morgan fingerprint density at radius 3 is 1.24 bits per heavy atom. The smallest absolute Gasteiger partial charge is 0.220 e. The number of allylic oxidation sites excluding steroid dienone is 13. The molecule has 14 heteroatoms. The fraction of sp³-hybridized carbons (Fsp3) is 0.800. The van der Waals surface area contributed by atoms with Crippen molar-refractivity contribution >= 4 is 5.91 Å². The van der Waals surface area contributed by atoms with Gasteiger partial charge >= 0.3 is 0 Å². The third-order valence-electron chi connectivity index (χ3n) is 17.3. The molecule has 0 radical (unpaired) electrons. The number of carbonyl (C=O) groups excluding carboxylic acids is 1. The number of aliphatic hydroxyl groups is 8. The van der Waals surface area contributed by atoms with Gasteiger partial charge in [0.2, 0.25) is 5.91 Å². The first-order chi connectivity index (χ1) is 43.6. The fourth-order valence-corrected chi connectivity index (χ4v) is 11.6. The number of carbonyl (C=O) groups is 1. The lowest BCUT2D eigenvalue weighted by Gasteiger charge is -2.46. The molecule has 2 heterocycles. The number of aliphatic hydroxyl groups excluding tert-OH is 8. The molecule has 0 aromatic carbocycles. The molecule has 2 aliphatic rings. The Bertz CT molecular complexity index is 1820. The Kier molecular flexibility index (Phi) is 54.5. The highest BCUT2D eigenvalue weighted by molar-refractivity contribution is 5.76. The minimum atomic E-state index is -1.79. The van der Waals surface area contributed by atoms with Crippen LogP contribution in [0.15, 0.2) is 85.1 Å². The molecule has 2 rings (SSSR count). The summed E-state index contributed by atoms with van der Waals surface area (Å²) in [4.78, 5) is 13.3. The van der Waals surface area contributed by atoms with E-state index in [4.69, 9.17) is 18.9 Å². The van der Waals surface area contributed by atoms with Crippen molar-refractivity contribution in [2.45, 2.75) is 364 Å². The van der Waals surface area contributed by atoms with Crippen LogP contribution in [-0.4, -0.2) is 140 Å². The fourth-order valence-electron chi connectivity index (χ4n) is 11.6. The average Bonchev–Trinajstić information content (AvgIpc) is 3.62. The summed E-state index contributed by atoms with van der Waals surface area (Å²) in [5.74, 6) is -0.247. The highest BCUT2D eigenvalue weighted by atomic mass is 16.7. The molecule has 0 aliphatic carbocycles. The summed E-state index contributed by atoms with van der Waals surface area (Å²) in [6.45, 7) is 2.70. The van der Waals surface area contributed by atoms with Gasteiger partial charge in [-0.05, 0) is 77.0 Å². The monoisotopic (exact) mass is 1260 g/mol. The zero-order valence-electron chi connectivity index (χ0n) is 56.2. The number of amides is 1. The van der Waals surface area contributed by atoms with Crippen molar-refractivity contribution < 1.29 is 64.6 Å². The lowest BCUT2D eigenvalue weighted by atomic mass is 9.97. The summed E-state index contributed by atoms with van der Waals surface area (Å²) in [5.41, 5.74) is 0. The molecule has 1 amide bonds. The second-order valence-corrected chi connectivity index (χ2v) is 25.3. The maximum atomic E-state index is 13.3. The van der Waals surface area contributed by atoms with Crippen molar-refractivity contribution in [3.8, 4) is 0 Å². The molecule has 0 saturated carbocycles. The number of ether oxygens (including phenoxy) is 4. The molecule has 89 heavy (non-hydrogen) atoms. The van der Waals surface area contributed by atoms with Gasteiger partial charge in [0.25, 0.3) is 0 Å². The Morgan fingerprint density at radius 2 is 0.787 bits per heavy atom. The van der Waals surface area contributed by atoms with Gasteiger partial charge in [0, 0.05) is 6.42 Å². The maximum Gasteiger partial charge on any atom is 0.220 e. The van der Waals surface area contributed by atoms with Crippen molar-refractivity contribution in [3.63, 3.8) is 0 Å². The molecule has 516 valence electrons. The largest absolute Gasteiger partial charge is 0.394 e. The van der Waals surface area contributed by atoms with E-state index in [2.05, 4.69) is 92.1 Å². The minimum absolute atomic E-state index is 0.247. The lowest BCUT2D eigenvalue weighted by molar-refractivity contribution is -0.359. The van der Waals surface area contributed by atoms with Crippen LogP contribution in [0.5, 0.6) is 0 Å². The molecule has 9 N–H and O–H groups in total. The van der Waals surface area contributed by atoms with Crippen molar-refractivity contribution in [2.75, 3.05) is 19.8 Å². The van der Waals surface area contributed by atoms with Crippen molar-refractivity contribution in [1.29, 1.82) is 0 Å². The maximum absolute atomic E-state index is 13.3. The molecule has 0 spiro atoms. The summed E-state index contributed by atoms with van der Waals surface area (Å²) in [6, 6.07) is -0.935. The number of hydrogen-bond acceptors (Lipinski definition) is 13. The van der Waals surface area contributed by atoms with Crippen LogP contribution in [0, 0.1) is 0 Å². The highest BCUT2D eigenvalue weighted by Crippen LogP contribution is 2.30. The summed E-state index contributed by atoms with van der Waals surface area (Å²) in [5, 5.41) is 87.4. The van der Waals surface area contributed by atoms with E-state index in [1.807, 2.05) is 6.08 Å². The van der Waals surface area contributed by atoms with Gasteiger partial charge in [-0.25, -0.2) is 0 Å². The third kappa shape index (κ3) is 42.9. The van der Waals surface area contributed by atoms with Gasteiger partial charge < -0.3 is 65.1 Å². The Balaban J connectivity index is 1.64. The highest BCUT2D eigenvalue weighted by Gasteiger charge is 2.51. The quantitative estimate of drug-likeness (QED) is 0.0204. The summed E-state index contributed by atoms with van der Waals surface area (Å²) in [7, 11) is 0. The molecule has 0 aromatic rings. The van der Waals surface area contributed by atoms with Crippen LogP contribution in [0.2, 0.25) is 0 Å². The first-order valence-electron chi connectivity index (χ1n) is 36.3. The normalized spacial score (nSPS) is 23.5. The lowest BCUT2D eigenvalue weighted by Crippen LogP contribution is -2.65. The molecule has 0 bridgehead atoms. The van der Waals surface area contributed by atoms with E-state index in [0.717, 1.165) is 64.2 Å². The van der Waals surface area contributed by atoms with Crippen LogP contribution < -0.4 is 5.32 Å². The Morgan fingerprint density at radius 1 is 0.416 bits per heavy atom. The molecule has 2 aliphatic heterocycles. The number of rotatable bonds is 59. The average molecular weight is 1260 g/mol. The van der Waals surface area contributed by atoms with E-state index in [0.29, 0.717) is 12.8 Å². The molecule has 12 atom stereocenters. The summed E-state index contributed by atoms with van der Waals surface area (Å²) >= 11 is 0. The van der Waals surface area contributed by atoms with E-state index in [-0.39, 0.29) is 18.9 Å². The number of hydrogen-bond donors (Lipinski definition) is 9. The van der Waals surface area contributed by atoms with Gasteiger partial charge in [-0.3, -0.25) is 4.79 Å².